The highest BCUT2D eigenvalue weighted by atomic mass is 35.5. The van der Waals surface area contributed by atoms with Crippen molar-refractivity contribution in [3.63, 3.8) is 0 Å². The van der Waals surface area contributed by atoms with Gasteiger partial charge in [0, 0.05) is 17.1 Å². The molecule has 0 saturated carbocycles. The lowest BCUT2D eigenvalue weighted by Crippen LogP contribution is -2.20. The van der Waals surface area contributed by atoms with Gasteiger partial charge < -0.3 is 10.5 Å². The molecule has 2 nitrogen and oxygen atoms in total. The molecule has 0 radical (unpaired) electrons. The topological polar surface area (TPSA) is 35.2 Å². The molecule has 0 bridgehead atoms. The van der Waals surface area contributed by atoms with E-state index >= 15 is 0 Å². The van der Waals surface area contributed by atoms with Gasteiger partial charge in [-0.3, -0.25) is 0 Å². The molecule has 0 aromatic heterocycles. The molecule has 1 aromatic rings. The highest BCUT2D eigenvalue weighted by Gasteiger charge is 2.24. The van der Waals surface area contributed by atoms with E-state index in [1.165, 1.54) is 13.2 Å². The van der Waals surface area contributed by atoms with Gasteiger partial charge in [0.15, 0.2) is 0 Å². The first kappa shape index (κ1) is 12.2. The Morgan fingerprint density at radius 2 is 2.13 bits per heavy atom. The summed E-state index contributed by atoms with van der Waals surface area (Å²) in [5, 5.41) is 0.393. The first-order valence-electron chi connectivity index (χ1n) is 4.41. The van der Waals surface area contributed by atoms with Crippen molar-refractivity contribution in [1.29, 1.82) is 0 Å². The van der Waals surface area contributed by atoms with Gasteiger partial charge >= 0.3 is 0 Å². The van der Waals surface area contributed by atoms with Crippen molar-refractivity contribution in [3.8, 4) is 5.75 Å². The third-order valence-corrected chi connectivity index (χ3v) is 2.38. The van der Waals surface area contributed by atoms with Gasteiger partial charge in [0.25, 0.3) is 0 Å². The maximum absolute atomic E-state index is 12.7. The third kappa shape index (κ3) is 2.79. The van der Waals surface area contributed by atoms with Gasteiger partial charge in [0.05, 0.1) is 13.0 Å². The fraction of sp³-hybridized carbons (Fsp3) is 0.400. The van der Waals surface area contributed by atoms with Crippen LogP contribution in [0.15, 0.2) is 18.2 Å². The summed E-state index contributed by atoms with van der Waals surface area (Å²) in [6, 6.07) is 4.61. The van der Waals surface area contributed by atoms with E-state index in [0.717, 1.165) is 0 Å². The summed E-state index contributed by atoms with van der Waals surface area (Å²) in [5.41, 5.74) is 5.65. The van der Waals surface area contributed by atoms with E-state index in [0.29, 0.717) is 16.3 Å². The number of nitrogens with two attached hydrogens (primary N) is 1. The third-order valence-electron chi connectivity index (χ3n) is 2.15. The largest absolute Gasteiger partial charge is 0.496 e. The molecule has 0 aliphatic heterocycles. The van der Waals surface area contributed by atoms with Crippen LogP contribution in [0.25, 0.3) is 0 Å². The van der Waals surface area contributed by atoms with Gasteiger partial charge in [0.1, 0.15) is 5.75 Å². The van der Waals surface area contributed by atoms with Crippen molar-refractivity contribution < 1.29 is 13.5 Å². The maximum Gasteiger partial charge on any atom is 0.246 e. The number of benzene rings is 1. The summed E-state index contributed by atoms with van der Waals surface area (Å²) in [7, 11) is 1.42. The molecular weight excluding hydrogens is 224 g/mol. The Morgan fingerprint density at radius 3 is 2.60 bits per heavy atom. The smallest absolute Gasteiger partial charge is 0.246 e. The molecule has 0 aliphatic rings. The zero-order valence-electron chi connectivity index (χ0n) is 8.21. The first-order valence-corrected chi connectivity index (χ1v) is 4.79. The summed E-state index contributed by atoms with van der Waals surface area (Å²) in [5.74, 6) is -0.659. The zero-order chi connectivity index (χ0) is 11.4. The summed E-state index contributed by atoms with van der Waals surface area (Å²) in [6.45, 7) is -0.144. The average Bonchev–Trinajstić information content (AvgIpc) is 2.18. The van der Waals surface area contributed by atoms with Gasteiger partial charge in [0.2, 0.25) is 6.43 Å². The van der Waals surface area contributed by atoms with Gasteiger partial charge in [-0.2, -0.15) is 0 Å². The van der Waals surface area contributed by atoms with E-state index in [2.05, 4.69) is 0 Å². The number of methoxy groups -OCH3 is 1. The van der Waals surface area contributed by atoms with Crippen molar-refractivity contribution in [2.45, 2.75) is 12.3 Å². The fourth-order valence-corrected chi connectivity index (χ4v) is 1.54. The first-order chi connectivity index (χ1) is 7.10. The van der Waals surface area contributed by atoms with Crippen molar-refractivity contribution in [2.75, 3.05) is 13.7 Å². The molecule has 0 spiro atoms. The van der Waals surface area contributed by atoms with Crippen LogP contribution < -0.4 is 10.5 Å². The molecule has 0 aliphatic carbocycles. The molecule has 1 rings (SSSR count). The van der Waals surface area contributed by atoms with Crippen LogP contribution in [0.3, 0.4) is 0 Å². The standard InChI is InChI=1S/C10H12ClF2NO/c1-15-9-3-2-6(11)4-7(9)8(5-14)10(12)13/h2-4,8,10H,5,14H2,1H3. The second kappa shape index (κ2) is 5.28. The molecule has 1 unspecified atom stereocenters. The maximum atomic E-state index is 12.7. The Kier molecular flexibility index (Phi) is 4.29. The predicted molar refractivity (Wildman–Crippen MR) is 55.8 cm³/mol. The molecule has 1 aromatic carbocycles. The Morgan fingerprint density at radius 1 is 1.47 bits per heavy atom. The second-order valence-electron chi connectivity index (χ2n) is 3.06. The molecule has 0 fully saturated rings. The molecule has 2 N–H and O–H groups in total. The van der Waals surface area contributed by atoms with E-state index < -0.39 is 12.3 Å². The Bertz CT molecular complexity index is 333. The summed E-state index contributed by atoms with van der Waals surface area (Å²) in [4.78, 5) is 0. The van der Waals surface area contributed by atoms with Crippen molar-refractivity contribution in [2.24, 2.45) is 5.73 Å². The van der Waals surface area contributed by atoms with Gasteiger partial charge in [-0.15, -0.1) is 0 Å². The van der Waals surface area contributed by atoms with Gasteiger partial charge in [-0.25, -0.2) is 8.78 Å². The van der Waals surface area contributed by atoms with Crippen LogP contribution in [0.2, 0.25) is 5.02 Å². The molecular formula is C10H12ClF2NO. The number of rotatable bonds is 4. The van der Waals surface area contributed by atoms with E-state index in [1.54, 1.807) is 12.1 Å². The molecule has 0 heterocycles. The Hall–Kier alpha value is -0.870. The minimum Gasteiger partial charge on any atom is -0.496 e. The lowest BCUT2D eigenvalue weighted by Gasteiger charge is -2.17. The van der Waals surface area contributed by atoms with Crippen LogP contribution in [0, 0.1) is 0 Å². The Labute approximate surface area is 92.0 Å². The van der Waals surface area contributed by atoms with Crippen molar-refractivity contribution in [3.05, 3.63) is 28.8 Å². The number of hydrogen-bond acceptors (Lipinski definition) is 2. The van der Waals surface area contributed by atoms with Crippen LogP contribution in [-0.4, -0.2) is 20.1 Å². The number of alkyl halides is 2. The number of halogens is 3. The zero-order valence-corrected chi connectivity index (χ0v) is 8.97. The van der Waals surface area contributed by atoms with Crippen molar-refractivity contribution >= 4 is 11.6 Å². The average molecular weight is 236 g/mol. The minimum absolute atomic E-state index is 0.144. The summed E-state index contributed by atoms with van der Waals surface area (Å²) >= 11 is 5.74. The second-order valence-corrected chi connectivity index (χ2v) is 3.50. The van der Waals surface area contributed by atoms with Crippen LogP contribution in [0.4, 0.5) is 8.78 Å². The van der Waals surface area contributed by atoms with E-state index in [-0.39, 0.29) is 6.54 Å². The van der Waals surface area contributed by atoms with Gasteiger partial charge in [-0.1, -0.05) is 11.6 Å². The molecule has 5 heteroatoms. The molecule has 1 atom stereocenters. The molecule has 15 heavy (non-hydrogen) atoms. The van der Waals surface area contributed by atoms with Crippen LogP contribution in [-0.2, 0) is 0 Å². The van der Waals surface area contributed by atoms with Gasteiger partial charge in [-0.05, 0) is 18.2 Å². The normalized spacial score (nSPS) is 12.9. The van der Waals surface area contributed by atoms with E-state index in [9.17, 15) is 8.78 Å². The molecule has 0 saturated heterocycles. The van der Waals surface area contributed by atoms with Crippen LogP contribution in [0.5, 0.6) is 5.75 Å². The monoisotopic (exact) mass is 235 g/mol. The highest BCUT2D eigenvalue weighted by Crippen LogP contribution is 2.32. The summed E-state index contributed by atoms with van der Waals surface area (Å²) in [6.07, 6.45) is -2.53. The predicted octanol–water partition coefficient (Wildman–Crippen LogP) is 2.66. The minimum atomic E-state index is -2.53. The fourth-order valence-electron chi connectivity index (χ4n) is 1.36. The van der Waals surface area contributed by atoms with Crippen LogP contribution in [0.1, 0.15) is 11.5 Å². The quantitative estimate of drug-likeness (QED) is 0.871. The summed E-state index contributed by atoms with van der Waals surface area (Å²) < 4.78 is 30.3. The lowest BCUT2D eigenvalue weighted by atomic mass is 9.99. The Balaban J connectivity index is 3.13. The van der Waals surface area contributed by atoms with Crippen LogP contribution >= 0.6 is 11.6 Å². The molecule has 84 valence electrons. The highest BCUT2D eigenvalue weighted by molar-refractivity contribution is 6.30. The molecule has 0 amide bonds. The van der Waals surface area contributed by atoms with Crippen molar-refractivity contribution in [1.82, 2.24) is 0 Å². The number of hydrogen-bond donors (Lipinski definition) is 1. The van der Waals surface area contributed by atoms with E-state index in [4.69, 9.17) is 22.1 Å². The number of ether oxygens (including phenoxy) is 1. The lowest BCUT2D eigenvalue weighted by molar-refractivity contribution is 0.116. The SMILES string of the molecule is COc1ccc(Cl)cc1C(CN)C(F)F. The van der Waals surface area contributed by atoms with E-state index in [1.807, 2.05) is 0 Å².